The Hall–Kier alpha value is -1.86. The van der Waals surface area contributed by atoms with Crippen molar-refractivity contribution >= 4 is 33.0 Å². The summed E-state index contributed by atoms with van der Waals surface area (Å²) < 4.78 is 27.9. The molecule has 0 saturated heterocycles. The third-order valence-corrected chi connectivity index (χ3v) is 7.60. The zero-order valence-corrected chi connectivity index (χ0v) is 19.3. The molecule has 0 radical (unpaired) electrons. The van der Waals surface area contributed by atoms with Crippen LogP contribution in [0, 0.1) is 26.7 Å². The van der Waals surface area contributed by atoms with Gasteiger partial charge in [0, 0.05) is 13.1 Å². The zero-order valence-electron chi connectivity index (χ0n) is 17.7. The first-order valence-electron chi connectivity index (χ1n) is 9.40. The molecular formula is C21H30N2O3S2. The van der Waals surface area contributed by atoms with Crippen LogP contribution in [0.1, 0.15) is 53.6 Å². The molecule has 1 aromatic carbocycles. The van der Waals surface area contributed by atoms with E-state index in [4.69, 9.17) is 0 Å². The van der Waals surface area contributed by atoms with Crippen molar-refractivity contribution in [2.24, 2.45) is 5.92 Å². The Kier molecular flexibility index (Phi) is 6.93. The Morgan fingerprint density at radius 2 is 1.71 bits per heavy atom. The molecule has 28 heavy (non-hydrogen) atoms. The molecule has 0 bridgehead atoms. The van der Waals surface area contributed by atoms with E-state index in [0.29, 0.717) is 32.5 Å². The molecule has 0 aliphatic heterocycles. The van der Waals surface area contributed by atoms with Gasteiger partial charge < -0.3 is 5.32 Å². The Morgan fingerprint density at radius 1 is 1.14 bits per heavy atom. The van der Waals surface area contributed by atoms with Crippen LogP contribution >= 0.6 is 11.3 Å². The van der Waals surface area contributed by atoms with Crippen LogP contribution in [0.4, 0.5) is 5.69 Å². The maximum atomic E-state index is 13.3. The van der Waals surface area contributed by atoms with Gasteiger partial charge in [-0.3, -0.25) is 9.10 Å². The summed E-state index contributed by atoms with van der Waals surface area (Å²) in [6, 6.07) is 5.43. The number of benzene rings is 1. The van der Waals surface area contributed by atoms with E-state index in [0.717, 1.165) is 12.0 Å². The summed E-state index contributed by atoms with van der Waals surface area (Å²) in [5, 5.41) is 4.73. The second-order valence-electron chi connectivity index (χ2n) is 7.84. The van der Waals surface area contributed by atoms with E-state index in [-0.39, 0.29) is 11.9 Å². The van der Waals surface area contributed by atoms with Gasteiger partial charge in [0.15, 0.2) is 0 Å². The lowest BCUT2D eigenvalue weighted by molar-refractivity contribution is 0.0941. The second-order valence-corrected chi connectivity index (χ2v) is 10.7. The highest BCUT2D eigenvalue weighted by molar-refractivity contribution is 7.93. The number of aryl methyl sites for hydroxylation is 3. The van der Waals surface area contributed by atoms with Gasteiger partial charge in [-0.25, -0.2) is 8.42 Å². The van der Waals surface area contributed by atoms with Crippen LogP contribution in [-0.2, 0) is 10.0 Å². The lowest BCUT2D eigenvalue weighted by Gasteiger charge is -2.23. The molecule has 0 saturated carbocycles. The summed E-state index contributed by atoms with van der Waals surface area (Å²) >= 11 is 1.25. The van der Waals surface area contributed by atoms with Crippen molar-refractivity contribution in [1.29, 1.82) is 0 Å². The van der Waals surface area contributed by atoms with Crippen LogP contribution in [0.25, 0.3) is 0 Å². The maximum absolute atomic E-state index is 13.3. The number of anilines is 1. The van der Waals surface area contributed by atoms with Crippen molar-refractivity contribution in [2.75, 3.05) is 11.4 Å². The van der Waals surface area contributed by atoms with Crippen molar-refractivity contribution in [3.05, 3.63) is 45.1 Å². The third-order valence-electron chi connectivity index (χ3n) is 4.62. The Balaban J connectivity index is 2.37. The van der Waals surface area contributed by atoms with E-state index in [9.17, 15) is 13.2 Å². The fraction of sp³-hybridized carbons (Fsp3) is 0.476. The SMILES string of the molecule is Cc1cc(C)c(S(=O)(=O)N(C)c2ccsc2C(=O)NC(C)CC(C)C)c(C)c1. The van der Waals surface area contributed by atoms with E-state index < -0.39 is 10.0 Å². The van der Waals surface area contributed by atoms with E-state index in [1.54, 1.807) is 25.3 Å². The topological polar surface area (TPSA) is 66.5 Å². The first-order valence-corrected chi connectivity index (χ1v) is 11.7. The molecule has 0 spiro atoms. The standard InChI is InChI=1S/C21H30N2O3S2/c1-13(2)10-17(6)22-21(24)19-18(8-9-27-19)23(7)28(25,26)20-15(4)11-14(3)12-16(20)5/h8-9,11-13,17H,10H2,1-7H3,(H,22,24). The number of nitrogens with zero attached hydrogens (tertiary/aromatic N) is 1. The molecule has 5 nitrogen and oxygen atoms in total. The molecule has 1 amide bonds. The highest BCUT2D eigenvalue weighted by Crippen LogP contribution is 2.32. The number of sulfonamides is 1. The molecule has 1 N–H and O–H groups in total. The first-order chi connectivity index (χ1) is 12.9. The van der Waals surface area contributed by atoms with Crippen molar-refractivity contribution in [1.82, 2.24) is 5.32 Å². The molecular weight excluding hydrogens is 392 g/mol. The molecule has 0 aliphatic rings. The van der Waals surface area contributed by atoms with Gasteiger partial charge in [-0.15, -0.1) is 11.3 Å². The van der Waals surface area contributed by atoms with Crippen molar-refractivity contribution in [2.45, 2.75) is 58.9 Å². The number of rotatable bonds is 7. The lowest BCUT2D eigenvalue weighted by Crippen LogP contribution is -2.35. The van der Waals surface area contributed by atoms with Crippen LogP contribution in [-0.4, -0.2) is 27.4 Å². The maximum Gasteiger partial charge on any atom is 0.264 e. The smallest absolute Gasteiger partial charge is 0.264 e. The summed E-state index contributed by atoms with van der Waals surface area (Å²) in [6.07, 6.45) is 0.863. The number of carbonyl (C=O) groups is 1. The quantitative estimate of drug-likeness (QED) is 0.705. The minimum atomic E-state index is -3.78. The molecule has 1 aromatic heterocycles. The molecule has 2 aromatic rings. The van der Waals surface area contributed by atoms with E-state index in [1.807, 2.05) is 26.0 Å². The Morgan fingerprint density at radius 3 is 2.25 bits per heavy atom. The van der Waals surface area contributed by atoms with Gasteiger partial charge in [-0.05, 0) is 62.6 Å². The van der Waals surface area contributed by atoms with Crippen LogP contribution in [0.2, 0.25) is 0 Å². The molecule has 1 atom stereocenters. The molecule has 154 valence electrons. The molecule has 0 aliphatic carbocycles. The van der Waals surface area contributed by atoms with Crippen molar-refractivity contribution in [3.8, 4) is 0 Å². The predicted octanol–water partition coefficient (Wildman–Crippen LogP) is 4.66. The molecule has 1 heterocycles. The Bertz CT molecular complexity index is 939. The number of amides is 1. The number of thiophene rings is 1. The van der Waals surface area contributed by atoms with Crippen LogP contribution in [0.3, 0.4) is 0 Å². The van der Waals surface area contributed by atoms with Gasteiger partial charge in [0.1, 0.15) is 4.88 Å². The number of hydrogen-bond donors (Lipinski definition) is 1. The normalized spacial score (nSPS) is 12.9. The number of nitrogens with one attached hydrogen (secondary N) is 1. The first kappa shape index (κ1) is 22.4. The molecule has 7 heteroatoms. The van der Waals surface area contributed by atoms with Crippen LogP contribution in [0.15, 0.2) is 28.5 Å². The summed E-state index contributed by atoms with van der Waals surface area (Å²) in [4.78, 5) is 13.4. The number of hydrogen-bond acceptors (Lipinski definition) is 4. The Labute approximate surface area is 172 Å². The van der Waals surface area contributed by atoms with Gasteiger partial charge in [0.25, 0.3) is 15.9 Å². The second kappa shape index (κ2) is 8.66. The van der Waals surface area contributed by atoms with Gasteiger partial charge in [0.2, 0.25) is 0 Å². The summed E-state index contributed by atoms with van der Waals surface area (Å²) in [5.74, 6) is 0.228. The monoisotopic (exact) mass is 422 g/mol. The molecule has 2 rings (SSSR count). The number of carbonyl (C=O) groups excluding carboxylic acids is 1. The average Bonchev–Trinajstić information content (AvgIpc) is 3.01. The zero-order chi connectivity index (χ0) is 21.2. The van der Waals surface area contributed by atoms with Gasteiger partial charge in [-0.2, -0.15) is 0 Å². The summed E-state index contributed by atoms with van der Waals surface area (Å²) in [5.41, 5.74) is 2.83. The third kappa shape index (κ3) is 4.75. The fourth-order valence-electron chi connectivity index (χ4n) is 3.62. The van der Waals surface area contributed by atoms with Gasteiger partial charge in [-0.1, -0.05) is 31.5 Å². The van der Waals surface area contributed by atoms with Crippen LogP contribution < -0.4 is 9.62 Å². The largest absolute Gasteiger partial charge is 0.349 e. The average molecular weight is 423 g/mol. The lowest BCUT2D eigenvalue weighted by atomic mass is 10.1. The van der Waals surface area contributed by atoms with E-state index in [1.165, 1.54) is 22.7 Å². The highest BCUT2D eigenvalue weighted by atomic mass is 32.2. The van der Waals surface area contributed by atoms with Gasteiger partial charge in [0.05, 0.1) is 10.6 Å². The van der Waals surface area contributed by atoms with Crippen molar-refractivity contribution < 1.29 is 13.2 Å². The van der Waals surface area contributed by atoms with Crippen molar-refractivity contribution in [3.63, 3.8) is 0 Å². The van der Waals surface area contributed by atoms with Gasteiger partial charge >= 0.3 is 0 Å². The molecule has 0 fully saturated rings. The predicted molar refractivity (Wildman–Crippen MR) is 117 cm³/mol. The summed E-state index contributed by atoms with van der Waals surface area (Å²) in [6.45, 7) is 11.7. The highest BCUT2D eigenvalue weighted by Gasteiger charge is 2.29. The van der Waals surface area contributed by atoms with E-state index in [2.05, 4.69) is 19.2 Å². The minimum Gasteiger partial charge on any atom is -0.349 e. The summed E-state index contributed by atoms with van der Waals surface area (Å²) in [7, 11) is -2.28. The minimum absolute atomic E-state index is 0.0194. The van der Waals surface area contributed by atoms with Crippen LogP contribution in [0.5, 0.6) is 0 Å². The van der Waals surface area contributed by atoms with E-state index >= 15 is 0 Å². The molecule has 1 unspecified atom stereocenters. The fourth-order valence-corrected chi connectivity index (χ4v) is 6.11.